The topological polar surface area (TPSA) is 66.0 Å². The maximum absolute atomic E-state index is 13.1. The summed E-state index contributed by atoms with van der Waals surface area (Å²) in [5.41, 5.74) is 0. The van der Waals surface area contributed by atoms with Gasteiger partial charge in [-0.25, -0.2) is 9.38 Å². The Morgan fingerprint density at radius 3 is 2.76 bits per heavy atom. The fourth-order valence-corrected chi connectivity index (χ4v) is 1.69. The minimum Gasteiger partial charge on any atom is -0.489 e. The fourth-order valence-electron chi connectivity index (χ4n) is 1.69. The molecule has 0 heterocycles. The highest BCUT2D eigenvalue weighted by atomic mass is 127. The molecule has 0 aromatic heterocycles. The van der Waals surface area contributed by atoms with Crippen LogP contribution in [0.5, 0.6) is 5.75 Å². The number of nitrogens with one attached hydrogen (secondary N) is 2. The van der Waals surface area contributed by atoms with E-state index in [4.69, 9.17) is 4.74 Å². The molecule has 2 N–H and O–H groups in total. The number of carbonyl (C=O) groups is 1. The molecular formula is C17H26FIN4O2. The van der Waals surface area contributed by atoms with E-state index in [0.717, 1.165) is 0 Å². The molecule has 25 heavy (non-hydrogen) atoms. The van der Waals surface area contributed by atoms with E-state index in [1.807, 2.05) is 6.92 Å². The van der Waals surface area contributed by atoms with Crippen molar-refractivity contribution >= 4 is 35.8 Å². The normalized spacial score (nSPS) is 11.8. The van der Waals surface area contributed by atoms with Crippen LogP contribution in [0.2, 0.25) is 0 Å². The molecule has 140 valence electrons. The van der Waals surface area contributed by atoms with Crippen molar-refractivity contribution in [3.8, 4) is 5.75 Å². The Balaban J connectivity index is 0.00000576. The Kier molecular flexibility index (Phi) is 11.6. The minimum absolute atomic E-state index is 0. The molecule has 1 unspecified atom stereocenters. The first-order valence-electron chi connectivity index (χ1n) is 7.67. The van der Waals surface area contributed by atoms with Gasteiger partial charge in [-0.1, -0.05) is 12.1 Å². The molecule has 0 saturated heterocycles. The van der Waals surface area contributed by atoms with E-state index in [1.165, 1.54) is 17.0 Å². The van der Waals surface area contributed by atoms with Gasteiger partial charge in [-0.3, -0.25) is 4.79 Å². The SMILES string of the molecule is C=CCNC(=NCC(=O)N(C)C)NCC(C)Oc1cccc(F)c1.I. The third-order valence-corrected chi connectivity index (χ3v) is 2.98. The largest absolute Gasteiger partial charge is 0.489 e. The molecule has 0 fully saturated rings. The van der Waals surface area contributed by atoms with E-state index in [9.17, 15) is 9.18 Å². The van der Waals surface area contributed by atoms with E-state index < -0.39 is 0 Å². The van der Waals surface area contributed by atoms with Gasteiger partial charge in [-0.15, -0.1) is 30.6 Å². The molecule has 0 bridgehead atoms. The molecule has 6 nitrogen and oxygen atoms in total. The second-order valence-electron chi connectivity index (χ2n) is 5.39. The summed E-state index contributed by atoms with van der Waals surface area (Å²) in [5.74, 6) is 0.507. The monoisotopic (exact) mass is 464 g/mol. The molecule has 1 atom stereocenters. The zero-order valence-electron chi connectivity index (χ0n) is 14.8. The molecule has 1 amide bonds. The summed E-state index contributed by atoms with van der Waals surface area (Å²) < 4.78 is 18.8. The van der Waals surface area contributed by atoms with Crippen molar-refractivity contribution in [3.05, 3.63) is 42.7 Å². The van der Waals surface area contributed by atoms with Crippen molar-refractivity contribution in [1.82, 2.24) is 15.5 Å². The standard InChI is InChI=1S/C17H25FN4O2.HI/c1-5-9-19-17(21-12-16(23)22(3)4)20-11-13(2)24-15-8-6-7-14(18)10-15;/h5-8,10,13H,1,9,11-12H2,2-4H3,(H2,19,20,21);1H. The Morgan fingerprint density at radius 1 is 1.44 bits per heavy atom. The summed E-state index contributed by atoms with van der Waals surface area (Å²) in [6.45, 7) is 6.49. The van der Waals surface area contributed by atoms with Crippen LogP contribution >= 0.6 is 24.0 Å². The number of hydrogen-bond acceptors (Lipinski definition) is 3. The molecule has 8 heteroatoms. The molecular weight excluding hydrogens is 438 g/mol. The highest BCUT2D eigenvalue weighted by molar-refractivity contribution is 14.0. The van der Waals surface area contributed by atoms with Crippen LogP contribution in [0.25, 0.3) is 0 Å². The number of hydrogen-bond donors (Lipinski definition) is 2. The van der Waals surface area contributed by atoms with Crippen molar-refractivity contribution in [2.75, 3.05) is 33.7 Å². The highest BCUT2D eigenvalue weighted by Gasteiger charge is 2.08. The number of halogens is 2. The summed E-state index contributed by atoms with van der Waals surface area (Å²) in [4.78, 5) is 17.3. The highest BCUT2D eigenvalue weighted by Crippen LogP contribution is 2.13. The third-order valence-electron chi connectivity index (χ3n) is 2.98. The summed E-state index contributed by atoms with van der Waals surface area (Å²) >= 11 is 0. The van der Waals surface area contributed by atoms with Crippen LogP contribution in [-0.4, -0.2) is 56.6 Å². The van der Waals surface area contributed by atoms with Crippen LogP contribution in [0.1, 0.15) is 6.92 Å². The number of guanidine groups is 1. The fraction of sp³-hybridized carbons (Fsp3) is 0.412. The number of ether oxygens (including phenoxy) is 1. The lowest BCUT2D eigenvalue weighted by Gasteiger charge is -2.18. The van der Waals surface area contributed by atoms with E-state index >= 15 is 0 Å². The average molecular weight is 464 g/mol. The lowest BCUT2D eigenvalue weighted by atomic mass is 10.3. The Hall–Kier alpha value is -1.84. The molecule has 0 saturated carbocycles. The summed E-state index contributed by atoms with van der Waals surface area (Å²) in [5, 5.41) is 6.11. The van der Waals surface area contributed by atoms with Crippen molar-refractivity contribution < 1.29 is 13.9 Å². The van der Waals surface area contributed by atoms with Gasteiger partial charge in [-0.2, -0.15) is 0 Å². The smallest absolute Gasteiger partial charge is 0.243 e. The van der Waals surface area contributed by atoms with E-state index in [2.05, 4.69) is 22.2 Å². The Labute approximate surface area is 165 Å². The summed E-state index contributed by atoms with van der Waals surface area (Å²) in [7, 11) is 3.36. The summed E-state index contributed by atoms with van der Waals surface area (Å²) in [6, 6.07) is 5.98. The van der Waals surface area contributed by atoms with Gasteiger partial charge in [0.05, 0.1) is 6.54 Å². The predicted octanol–water partition coefficient (Wildman–Crippen LogP) is 2.02. The van der Waals surface area contributed by atoms with E-state index in [1.54, 1.807) is 32.3 Å². The first-order chi connectivity index (χ1) is 11.4. The number of amides is 1. The van der Waals surface area contributed by atoms with Crippen molar-refractivity contribution in [1.29, 1.82) is 0 Å². The predicted molar refractivity (Wildman–Crippen MR) is 109 cm³/mol. The molecule has 0 radical (unpaired) electrons. The van der Waals surface area contributed by atoms with Gasteiger partial charge in [0.1, 0.15) is 24.2 Å². The number of likely N-dealkylation sites (N-methyl/N-ethyl adjacent to an activating group) is 1. The number of carbonyl (C=O) groups excluding carboxylic acids is 1. The van der Waals surface area contributed by atoms with Crippen LogP contribution in [-0.2, 0) is 4.79 Å². The first kappa shape index (κ1) is 23.2. The van der Waals surface area contributed by atoms with Crippen molar-refractivity contribution in [2.45, 2.75) is 13.0 Å². The zero-order chi connectivity index (χ0) is 17.9. The summed E-state index contributed by atoms with van der Waals surface area (Å²) in [6.07, 6.45) is 1.48. The Morgan fingerprint density at radius 2 is 2.16 bits per heavy atom. The van der Waals surface area contributed by atoms with Gasteiger partial charge in [0, 0.05) is 26.7 Å². The van der Waals surface area contributed by atoms with Gasteiger partial charge >= 0.3 is 0 Å². The number of aliphatic imine (C=N–C) groups is 1. The van der Waals surface area contributed by atoms with Gasteiger partial charge in [0.25, 0.3) is 0 Å². The Bertz CT molecular complexity index is 582. The molecule has 1 rings (SSSR count). The van der Waals surface area contributed by atoms with Gasteiger partial charge in [0.15, 0.2) is 5.96 Å². The quantitative estimate of drug-likeness (QED) is 0.268. The van der Waals surface area contributed by atoms with Crippen LogP contribution in [0, 0.1) is 5.82 Å². The number of nitrogens with zero attached hydrogens (tertiary/aromatic N) is 2. The van der Waals surface area contributed by atoms with Gasteiger partial charge in [0.2, 0.25) is 5.91 Å². The van der Waals surface area contributed by atoms with E-state index in [-0.39, 0.29) is 48.3 Å². The van der Waals surface area contributed by atoms with E-state index in [0.29, 0.717) is 24.8 Å². The second kappa shape index (κ2) is 12.5. The maximum atomic E-state index is 13.1. The molecule has 0 aliphatic heterocycles. The second-order valence-corrected chi connectivity index (χ2v) is 5.39. The van der Waals surface area contributed by atoms with Crippen LogP contribution in [0.3, 0.4) is 0 Å². The van der Waals surface area contributed by atoms with Crippen molar-refractivity contribution in [2.24, 2.45) is 4.99 Å². The molecule has 0 aliphatic rings. The minimum atomic E-state index is -0.343. The zero-order valence-corrected chi connectivity index (χ0v) is 17.1. The maximum Gasteiger partial charge on any atom is 0.243 e. The number of rotatable bonds is 8. The van der Waals surface area contributed by atoms with Crippen LogP contribution in [0.4, 0.5) is 4.39 Å². The van der Waals surface area contributed by atoms with Gasteiger partial charge < -0.3 is 20.3 Å². The van der Waals surface area contributed by atoms with Crippen LogP contribution < -0.4 is 15.4 Å². The van der Waals surface area contributed by atoms with Crippen LogP contribution in [0.15, 0.2) is 41.9 Å². The molecule has 1 aromatic carbocycles. The third kappa shape index (κ3) is 9.90. The molecule has 1 aromatic rings. The van der Waals surface area contributed by atoms with Crippen molar-refractivity contribution in [3.63, 3.8) is 0 Å². The van der Waals surface area contributed by atoms with Gasteiger partial charge in [-0.05, 0) is 19.1 Å². The lowest BCUT2D eigenvalue weighted by Crippen LogP contribution is -2.42. The first-order valence-corrected chi connectivity index (χ1v) is 7.67. The molecule has 0 spiro atoms. The number of benzene rings is 1. The lowest BCUT2D eigenvalue weighted by molar-refractivity contribution is -0.127. The molecule has 0 aliphatic carbocycles. The average Bonchev–Trinajstić information content (AvgIpc) is 2.53.